The van der Waals surface area contributed by atoms with Gasteiger partial charge in [-0.15, -0.1) is 0 Å². The number of aliphatic hydroxyl groups is 1. The lowest BCUT2D eigenvalue weighted by Gasteiger charge is -2.40. The van der Waals surface area contributed by atoms with Crippen LogP contribution in [0.2, 0.25) is 0 Å². The van der Waals surface area contributed by atoms with Gasteiger partial charge in [0.2, 0.25) is 5.91 Å². The number of hydrogen-bond acceptors (Lipinski definition) is 4. The Morgan fingerprint density at radius 3 is 2.56 bits per heavy atom. The molecule has 6 heteroatoms. The summed E-state index contributed by atoms with van der Waals surface area (Å²) in [4.78, 5) is 31.7. The Balaban J connectivity index is 1.57. The van der Waals surface area contributed by atoms with E-state index in [0.29, 0.717) is 18.0 Å². The van der Waals surface area contributed by atoms with Gasteiger partial charge in [-0.1, -0.05) is 25.0 Å². The number of pyridine rings is 1. The number of carbonyl (C=O) groups excluding carboxylic acids is 1. The summed E-state index contributed by atoms with van der Waals surface area (Å²) in [5, 5.41) is 10.5. The van der Waals surface area contributed by atoms with Gasteiger partial charge in [-0.25, -0.2) is 0 Å². The van der Waals surface area contributed by atoms with Gasteiger partial charge in [0.15, 0.2) is 0 Å². The number of likely N-dealkylation sites (tertiary alicyclic amines) is 1. The lowest BCUT2D eigenvalue weighted by molar-refractivity contribution is -0.139. The second kappa shape index (κ2) is 9.14. The molecule has 32 heavy (non-hydrogen) atoms. The van der Waals surface area contributed by atoms with Gasteiger partial charge in [0.1, 0.15) is 0 Å². The van der Waals surface area contributed by atoms with E-state index in [9.17, 15) is 14.7 Å². The van der Waals surface area contributed by atoms with Crippen LogP contribution in [0, 0.1) is 17.8 Å². The predicted octanol–water partition coefficient (Wildman–Crippen LogP) is 3.05. The molecule has 3 fully saturated rings. The molecule has 1 aromatic heterocycles. The minimum Gasteiger partial charge on any atom is -0.396 e. The first-order chi connectivity index (χ1) is 15.6. The van der Waals surface area contributed by atoms with E-state index < -0.39 is 0 Å². The minimum absolute atomic E-state index is 0.00294. The largest absolute Gasteiger partial charge is 0.396 e. The number of fused-ring (bicyclic) bond motifs is 4. The number of piperidine rings is 1. The molecule has 4 aliphatic rings. The molecule has 2 saturated heterocycles. The number of carbonyl (C=O) groups is 1. The van der Waals surface area contributed by atoms with Gasteiger partial charge in [-0.3, -0.25) is 14.5 Å². The molecule has 2 bridgehead atoms. The van der Waals surface area contributed by atoms with Gasteiger partial charge in [0, 0.05) is 56.0 Å². The monoisotopic (exact) mass is 439 g/mol. The van der Waals surface area contributed by atoms with Crippen molar-refractivity contribution in [2.24, 2.45) is 17.8 Å². The highest BCUT2D eigenvalue weighted by molar-refractivity contribution is 5.81. The number of hydrogen-bond donors (Lipinski definition) is 1. The molecule has 174 valence electrons. The summed E-state index contributed by atoms with van der Waals surface area (Å²) in [5.74, 6) is 0.445. The standard InChI is InChI=1S/C26H37N3O3/c1-2-8-19-11-12-21-24-23(26(32)27-13-6-3-7-14-27)20(17-30)22(16-29(21)25(19)31)28(24)15-18-9-4-5-10-18/h2,8,11-12,18,20,22-24,30H,3-7,9-10,13-17H2,1H3/b8-2+/t20-,22-,23+,24+/m1/s1. The SMILES string of the molecule is C/C=C/c1ccc2n(c1=O)C[C@@H]1[C@@H](CO)[C@H](C(=O)N3CCCCC3)[C@H]2N1CC1CCCC1. The minimum atomic E-state index is -0.273. The van der Waals surface area contributed by atoms with Gasteiger partial charge in [-0.05, 0) is 57.1 Å². The zero-order valence-electron chi connectivity index (χ0n) is 19.3. The Bertz CT molecular complexity index is 927. The van der Waals surface area contributed by atoms with E-state index in [-0.39, 0.29) is 42.0 Å². The van der Waals surface area contributed by atoms with Crippen LogP contribution in [0.1, 0.15) is 69.2 Å². The van der Waals surface area contributed by atoms with Gasteiger partial charge in [0.25, 0.3) is 5.56 Å². The first-order valence-electron chi connectivity index (χ1n) is 12.7. The number of amides is 1. The third-order valence-electron chi connectivity index (χ3n) is 8.44. The van der Waals surface area contributed by atoms with Gasteiger partial charge in [0.05, 0.1) is 12.0 Å². The maximum atomic E-state index is 13.8. The molecular formula is C26H37N3O3. The molecule has 1 saturated carbocycles. The van der Waals surface area contributed by atoms with Crippen LogP contribution < -0.4 is 5.56 Å². The summed E-state index contributed by atoms with van der Waals surface area (Å²) < 4.78 is 1.90. The van der Waals surface area contributed by atoms with Crippen molar-refractivity contribution in [2.45, 2.75) is 70.5 Å². The van der Waals surface area contributed by atoms with E-state index >= 15 is 0 Å². The fourth-order valence-electron chi connectivity index (χ4n) is 6.89. The Morgan fingerprint density at radius 1 is 1.12 bits per heavy atom. The highest BCUT2D eigenvalue weighted by Crippen LogP contribution is 2.50. The van der Waals surface area contributed by atoms with E-state index in [4.69, 9.17) is 0 Å². The number of nitrogens with zero attached hydrogens (tertiary/aromatic N) is 3. The second-order valence-electron chi connectivity index (χ2n) is 10.2. The van der Waals surface area contributed by atoms with Crippen LogP contribution in [0.4, 0.5) is 0 Å². The van der Waals surface area contributed by atoms with E-state index in [1.165, 1.54) is 32.1 Å². The summed E-state index contributed by atoms with van der Waals surface area (Å²) >= 11 is 0. The average Bonchev–Trinajstić information content (AvgIpc) is 3.40. The fourth-order valence-corrected chi connectivity index (χ4v) is 6.89. The van der Waals surface area contributed by atoms with Gasteiger partial charge in [-0.2, -0.15) is 0 Å². The number of aliphatic hydroxyl groups excluding tert-OH is 1. The highest BCUT2D eigenvalue weighted by Gasteiger charge is 2.56. The predicted molar refractivity (Wildman–Crippen MR) is 125 cm³/mol. The van der Waals surface area contributed by atoms with Crippen LogP contribution in [0.15, 0.2) is 23.0 Å². The molecule has 1 N–H and O–H groups in total. The van der Waals surface area contributed by atoms with Crippen LogP contribution in [0.5, 0.6) is 0 Å². The maximum absolute atomic E-state index is 13.8. The molecule has 0 spiro atoms. The Kier molecular flexibility index (Phi) is 6.26. The lowest BCUT2D eigenvalue weighted by atomic mass is 9.85. The highest BCUT2D eigenvalue weighted by atomic mass is 16.3. The molecule has 1 aromatic rings. The quantitative estimate of drug-likeness (QED) is 0.766. The van der Waals surface area contributed by atoms with Crippen LogP contribution >= 0.6 is 0 Å². The molecule has 0 radical (unpaired) electrons. The van der Waals surface area contributed by atoms with Gasteiger partial charge < -0.3 is 14.6 Å². The Morgan fingerprint density at radius 2 is 1.88 bits per heavy atom. The summed E-state index contributed by atoms with van der Waals surface area (Å²) in [6, 6.07) is 3.90. The van der Waals surface area contributed by atoms with Crippen molar-refractivity contribution in [3.63, 3.8) is 0 Å². The molecule has 0 unspecified atom stereocenters. The molecule has 0 aromatic carbocycles. The Hall–Kier alpha value is -1.92. The van der Waals surface area contributed by atoms with E-state index in [2.05, 4.69) is 11.0 Å². The number of aromatic nitrogens is 1. The smallest absolute Gasteiger partial charge is 0.258 e. The first kappa shape index (κ1) is 21.9. The third-order valence-corrected chi connectivity index (χ3v) is 8.44. The van der Waals surface area contributed by atoms with Crippen molar-refractivity contribution < 1.29 is 9.90 Å². The van der Waals surface area contributed by atoms with Gasteiger partial charge >= 0.3 is 0 Å². The lowest BCUT2D eigenvalue weighted by Crippen LogP contribution is -2.48. The normalized spacial score (nSPS) is 30.9. The number of allylic oxidation sites excluding steroid dienone is 1. The molecule has 5 rings (SSSR count). The van der Waals surface area contributed by atoms with E-state index in [0.717, 1.165) is 38.2 Å². The summed E-state index contributed by atoms with van der Waals surface area (Å²) in [5.41, 5.74) is 1.68. The fraction of sp³-hybridized carbons (Fsp3) is 0.692. The third kappa shape index (κ3) is 3.65. The average molecular weight is 440 g/mol. The number of rotatable bonds is 5. The van der Waals surface area contributed by atoms with Crippen LogP contribution in [0.3, 0.4) is 0 Å². The van der Waals surface area contributed by atoms with Crippen molar-refractivity contribution in [3.05, 3.63) is 39.8 Å². The zero-order chi connectivity index (χ0) is 22.2. The topological polar surface area (TPSA) is 65.8 Å². The van der Waals surface area contributed by atoms with Crippen LogP contribution in [-0.2, 0) is 11.3 Å². The zero-order valence-corrected chi connectivity index (χ0v) is 19.3. The van der Waals surface area contributed by atoms with Crippen molar-refractivity contribution >= 4 is 12.0 Å². The van der Waals surface area contributed by atoms with Crippen LogP contribution in [-0.4, -0.2) is 57.7 Å². The maximum Gasteiger partial charge on any atom is 0.258 e. The summed E-state index contributed by atoms with van der Waals surface area (Å²) in [7, 11) is 0. The molecule has 6 nitrogen and oxygen atoms in total. The molecule has 3 aliphatic heterocycles. The molecule has 4 heterocycles. The van der Waals surface area contributed by atoms with Crippen LogP contribution in [0.25, 0.3) is 6.08 Å². The second-order valence-corrected chi connectivity index (χ2v) is 10.2. The molecular weight excluding hydrogens is 402 g/mol. The molecule has 1 aliphatic carbocycles. The first-order valence-corrected chi connectivity index (χ1v) is 12.7. The molecule has 1 amide bonds. The van der Waals surface area contributed by atoms with E-state index in [1.54, 1.807) is 0 Å². The van der Waals surface area contributed by atoms with E-state index in [1.807, 2.05) is 34.6 Å². The Labute approximate surface area is 190 Å². The summed E-state index contributed by atoms with van der Waals surface area (Å²) in [6.45, 7) is 5.10. The van der Waals surface area contributed by atoms with Crippen molar-refractivity contribution in [1.82, 2.24) is 14.4 Å². The van der Waals surface area contributed by atoms with Crippen molar-refractivity contribution in [2.75, 3.05) is 26.2 Å². The van der Waals surface area contributed by atoms with Crippen molar-refractivity contribution in [3.8, 4) is 0 Å². The molecule has 4 atom stereocenters. The van der Waals surface area contributed by atoms with Crippen molar-refractivity contribution in [1.29, 1.82) is 0 Å². The summed E-state index contributed by atoms with van der Waals surface area (Å²) in [6.07, 6.45) is 12.1.